The number of methoxy groups -OCH3 is 1. The highest BCUT2D eigenvalue weighted by Crippen LogP contribution is 2.16. The van der Waals surface area contributed by atoms with Gasteiger partial charge < -0.3 is 4.74 Å². The van der Waals surface area contributed by atoms with E-state index in [1.807, 2.05) is 60.7 Å². The van der Waals surface area contributed by atoms with Gasteiger partial charge in [-0.05, 0) is 35.9 Å². The summed E-state index contributed by atoms with van der Waals surface area (Å²) in [4.78, 5) is 4.61. The Morgan fingerprint density at radius 2 is 1.80 bits per heavy atom. The van der Waals surface area contributed by atoms with Crippen LogP contribution in [0.4, 0.5) is 0 Å². The van der Waals surface area contributed by atoms with Gasteiger partial charge in [-0.15, -0.1) is 0 Å². The smallest absolute Gasteiger partial charge is 0.119 e. The molecule has 0 amide bonds. The molecule has 20 heavy (non-hydrogen) atoms. The van der Waals surface area contributed by atoms with Gasteiger partial charge in [0.1, 0.15) is 5.75 Å². The summed E-state index contributed by atoms with van der Waals surface area (Å²) >= 11 is 0. The molecule has 0 radical (unpaired) electrons. The highest BCUT2D eigenvalue weighted by Gasteiger charge is 1.95. The monoisotopic (exact) mass is 261 g/mol. The summed E-state index contributed by atoms with van der Waals surface area (Å²) < 4.78 is 5.22. The lowest BCUT2D eigenvalue weighted by Crippen LogP contribution is -1.84. The molecule has 0 aliphatic rings. The Hall–Kier alpha value is -2.61. The molecule has 0 spiro atoms. The van der Waals surface area contributed by atoms with E-state index in [1.54, 1.807) is 7.11 Å². The van der Waals surface area contributed by atoms with Gasteiger partial charge in [-0.3, -0.25) is 0 Å². The maximum atomic E-state index is 5.22. The van der Waals surface area contributed by atoms with E-state index in [4.69, 9.17) is 4.74 Å². The van der Waals surface area contributed by atoms with E-state index in [0.717, 1.165) is 27.9 Å². The van der Waals surface area contributed by atoms with Crippen LogP contribution >= 0.6 is 0 Å². The number of pyridine rings is 1. The molecule has 0 atom stereocenters. The summed E-state index contributed by atoms with van der Waals surface area (Å²) in [5.74, 6) is 0.860. The Morgan fingerprint density at radius 1 is 0.900 bits per heavy atom. The second kappa shape index (κ2) is 5.57. The van der Waals surface area contributed by atoms with Crippen molar-refractivity contribution in [1.82, 2.24) is 4.98 Å². The van der Waals surface area contributed by atoms with E-state index >= 15 is 0 Å². The van der Waals surface area contributed by atoms with E-state index in [0.29, 0.717) is 0 Å². The van der Waals surface area contributed by atoms with Gasteiger partial charge >= 0.3 is 0 Å². The van der Waals surface area contributed by atoms with Gasteiger partial charge in [0.2, 0.25) is 0 Å². The summed E-state index contributed by atoms with van der Waals surface area (Å²) in [5.41, 5.74) is 3.06. The minimum atomic E-state index is 0.860. The second-order valence-corrected chi connectivity index (χ2v) is 4.54. The average Bonchev–Trinajstić information content (AvgIpc) is 2.53. The lowest BCUT2D eigenvalue weighted by atomic mass is 10.1. The minimum Gasteiger partial charge on any atom is -0.497 e. The lowest BCUT2D eigenvalue weighted by Gasteiger charge is -2.01. The highest BCUT2D eigenvalue weighted by atomic mass is 16.5. The molecule has 3 rings (SSSR count). The molecule has 2 nitrogen and oxygen atoms in total. The molecular weight excluding hydrogens is 246 g/mol. The first-order valence-corrected chi connectivity index (χ1v) is 6.53. The summed E-state index contributed by atoms with van der Waals surface area (Å²) in [6, 6.07) is 20.2. The Bertz CT molecular complexity index is 762. The third-order valence-electron chi connectivity index (χ3n) is 3.16. The number of hydrogen-bond donors (Lipinski definition) is 0. The summed E-state index contributed by atoms with van der Waals surface area (Å²) in [5, 5.41) is 1.16. The fourth-order valence-electron chi connectivity index (χ4n) is 2.10. The number of benzene rings is 2. The third kappa shape index (κ3) is 2.69. The number of nitrogens with zero attached hydrogens (tertiary/aromatic N) is 1. The van der Waals surface area contributed by atoms with Gasteiger partial charge in [-0.25, -0.2) is 4.98 Å². The van der Waals surface area contributed by atoms with Crippen molar-refractivity contribution in [2.45, 2.75) is 0 Å². The molecule has 2 aromatic carbocycles. The van der Waals surface area contributed by atoms with E-state index in [9.17, 15) is 0 Å². The van der Waals surface area contributed by atoms with Crippen LogP contribution in [-0.4, -0.2) is 12.1 Å². The van der Waals surface area contributed by atoms with Crippen molar-refractivity contribution in [2.24, 2.45) is 0 Å². The van der Waals surface area contributed by atoms with Crippen molar-refractivity contribution in [1.29, 1.82) is 0 Å². The summed E-state index contributed by atoms with van der Waals surface area (Å²) in [6.07, 6.45) is 4.06. The van der Waals surface area contributed by atoms with E-state index in [1.165, 1.54) is 0 Å². The molecule has 0 N–H and O–H groups in total. The van der Waals surface area contributed by atoms with E-state index in [-0.39, 0.29) is 0 Å². The number of ether oxygens (including phenoxy) is 1. The van der Waals surface area contributed by atoms with Gasteiger partial charge in [0.05, 0.1) is 18.3 Å². The zero-order valence-electron chi connectivity index (χ0n) is 11.3. The number of hydrogen-bond acceptors (Lipinski definition) is 2. The number of fused-ring (bicyclic) bond motifs is 1. The molecule has 1 heterocycles. The van der Waals surface area contributed by atoms with Gasteiger partial charge in [-0.2, -0.15) is 0 Å². The maximum Gasteiger partial charge on any atom is 0.119 e. The molecule has 0 unspecified atom stereocenters. The van der Waals surface area contributed by atoms with Crippen molar-refractivity contribution in [2.75, 3.05) is 7.11 Å². The second-order valence-electron chi connectivity index (χ2n) is 4.54. The fourth-order valence-corrected chi connectivity index (χ4v) is 2.10. The quantitative estimate of drug-likeness (QED) is 0.696. The first-order valence-electron chi connectivity index (χ1n) is 6.53. The van der Waals surface area contributed by atoms with Gasteiger partial charge in [0.15, 0.2) is 0 Å². The Labute approximate surface area is 118 Å². The van der Waals surface area contributed by atoms with Crippen molar-refractivity contribution < 1.29 is 4.74 Å². The van der Waals surface area contributed by atoms with Crippen LogP contribution in [-0.2, 0) is 0 Å². The van der Waals surface area contributed by atoms with Crippen molar-refractivity contribution >= 4 is 23.1 Å². The Kier molecular flexibility index (Phi) is 3.46. The van der Waals surface area contributed by atoms with Crippen molar-refractivity contribution in [3.63, 3.8) is 0 Å². The largest absolute Gasteiger partial charge is 0.497 e. The van der Waals surface area contributed by atoms with Gasteiger partial charge in [-0.1, -0.05) is 42.5 Å². The van der Waals surface area contributed by atoms with Gasteiger partial charge in [0, 0.05) is 5.39 Å². The highest BCUT2D eigenvalue weighted by molar-refractivity contribution is 5.80. The first-order chi connectivity index (χ1) is 9.85. The average molecular weight is 261 g/mol. The minimum absolute atomic E-state index is 0.860. The molecule has 0 aliphatic carbocycles. The maximum absolute atomic E-state index is 5.22. The van der Waals surface area contributed by atoms with Gasteiger partial charge in [0.25, 0.3) is 0 Å². The lowest BCUT2D eigenvalue weighted by molar-refractivity contribution is 0.414. The summed E-state index contributed by atoms with van der Waals surface area (Å²) in [7, 11) is 1.67. The molecule has 2 heteroatoms. The topological polar surface area (TPSA) is 22.1 Å². The first kappa shape index (κ1) is 12.4. The molecule has 0 saturated heterocycles. The van der Waals surface area contributed by atoms with Crippen molar-refractivity contribution in [3.8, 4) is 5.75 Å². The predicted molar refractivity (Wildman–Crippen MR) is 83.7 cm³/mol. The standard InChI is InChI=1S/C18H15NO/c1-20-17-7-4-5-14(13-17)9-11-16-12-10-15-6-2-3-8-18(15)19-16/h2-13H,1H3/b11-9-. The van der Waals surface area contributed by atoms with Crippen molar-refractivity contribution in [3.05, 3.63) is 71.9 Å². The molecule has 3 aromatic rings. The molecule has 98 valence electrons. The van der Waals surface area contributed by atoms with Crippen LogP contribution in [0, 0.1) is 0 Å². The number of aromatic nitrogens is 1. The van der Waals surface area contributed by atoms with Crippen LogP contribution in [0.25, 0.3) is 23.1 Å². The molecule has 0 saturated carbocycles. The van der Waals surface area contributed by atoms with Crippen LogP contribution in [0.2, 0.25) is 0 Å². The molecule has 0 fully saturated rings. The number of para-hydroxylation sites is 1. The van der Waals surface area contributed by atoms with E-state index < -0.39 is 0 Å². The number of rotatable bonds is 3. The molecule has 0 bridgehead atoms. The van der Waals surface area contributed by atoms with Crippen LogP contribution in [0.5, 0.6) is 5.75 Å². The third-order valence-corrected chi connectivity index (χ3v) is 3.16. The molecular formula is C18H15NO. The van der Waals surface area contributed by atoms with Crippen LogP contribution in [0.15, 0.2) is 60.7 Å². The summed E-state index contributed by atoms with van der Waals surface area (Å²) in [6.45, 7) is 0. The van der Waals surface area contributed by atoms with E-state index in [2.05, 4.69) is 17.1 Å². The SMILES string of the molecule is COc1cccc(/C=C\c2ccc3ccccc3n2)c1. The Morgan fingerprint density at radius 3 is 2.70 bits per heavy atom. The zero-order chi connectivity index (χ0) is 13.8. The fraction of sp³-hybridized carbons (Fsp3) is 0.0556. The van der Waals surface area contributed by atoms with Crippen LogP contribution < -0.4 is 4.74 Å². The predicted octanol–water partition coefficient (Wildman–Crippen LogP) is 4.41. The molecule has 0 aliphatic heterocycles. The molecule has 1 aromatic heterocycles. The normalized spacial score (nSPS) is 11.1. The zero-order valence-corrected chi connectivity index (χ0v) is 11.3. The van der Waals surface area contributed by atoms with Crippen LogP contribution in [0.1, 0.15) is 11.3 Å². The Balaban J connectivity index is 1.89. The van der Waals surface area contributed by atoms with Crippen LogP contribution in [0.3, 0.4) is 0 Å².